The summed E-state index contributed by atoms with van der Waals surface area (Å²) in [6.45, 7) is 3.15. The zero-order valence-electron chi connectivity index (χ0n) is 12.4. The number of carbonyl (C=O) groups excluding carboxylic acids is 1. The largest absolute Gasteiger partial charge is 0.481 e. The second-order valence-corrected chi connectivity index (χ2v) is 6.08. The van der Waals surface area contributed by atoms with Gasteiger partial charge in [0, 0.05) is 19.7 Å². The zero-order valence-corrected chi connectivity index (χ0v) is 12.4. The van der Waals surface area contributed by atoms with Crippen LogP contribution in [0.2, 0.25) is 0 Å². The van der Waals surface area contributed by atoms with E-state index >= 15 is 0 Å². The van der Waals surface area contributed by atoms with Gasteiger partial charge in [0.1, 0.15) is 0 Å². The van der Waals surface area contributed by atoms with Crippen molar-refractivity contribution in [2.75, 3.05) is 20.3 Å². The molecule has 1 amide bonds. The number of ether oxygens (including phenoxy) is 1. The summed E-state index contributed by atoms with van der Waals surface area (Å²) in [5, 5.41) is 9.26. The third-order valence-corrected chi connectivity index (χ3v) is 4.77. The van der Waals surface area contributed by atoms with Gasteiger partial charge in [0.05, 0.1) is 18.4 Å². The summed E-state index contributed by atoms with van der Waals surface area (Å²) in [4.78, 5) is 25.9. The molecule has 3 unspecified atom stereocenters. The topological polar surface area (TPSA) is 66.8 Å². The fraction of sp³-hybridized carbons (Fsp3) is 0.867. The lowest BCUT2D eigenvalue weighted by atomic mass is 9.94. The Balaban J connectivity index is 2.06. The van der Waals surface area contributed by atoms with E-state index in [9.17, 15) is 14.7 Å². The van der Waals surface area contributed by atoms with Crippen LogP contribution in [0.15, 0.2) is 0 Å². The van der Waals surface area contributed by atoms with Gasteiger partial charge in [-0.2, -0.15) is 0 Å². The van der Waals surface area contributed by atoms with E-state index in [0.717, 1.165) is 6.42 Å². The summed E-state index contributed by atoms with van der Waals surface area (Å²) in [6.07, 6.45) is 4.51. The van der Waals surface area contributed by atoms with E-state index in [4.69, 9.17) is 4.74 Å². The molecular formula is C15H25NO4. The highest BCUT2D eigenvalue weighted by atomic mass is 16.5. The second kappa shape index (κ2) is 6.57. The van der Waals surface area contributed by atoms with Crippen molar-refractivity contribution >= 4 is 11.9 Å². The van der Waals surface area contributed by atoms with E-state index in [0.29, 0.717) is 31.9 Å². The van der Waals surface area contributed by atoms with Gasteiger partial charge >= 0.3 is 5.97 Å². The highest BCUT2D eigenvalue weighted by Crippen LogP contribution is 2.38. The number of hydrogen-bond acceptors (Lipinski definition) is 3. The molecule has 2 fully saturated rings. The molecule has 20 heavy (non-hydrogen) atoms. The van der Waals surface area contributed by atoms with Gasteiger partial charge in [-0.05, 0) is 38.5 Å². The minimum atomic E-state index is -0.827. The quantitative estimate of drug-likeness (QED) is 0.773. The Hall–Kier alpha value is -1.10. The molecule has 0 bridgehead atoms. The highest BCUT2D eigenvalue weighted by molar-refractivity contribution is 5.85. The third-order valence-electron chi connectivity index (χ3n) is 4.77. The van der Waals surface area contributed by atoms with Gasteiger partial charge < -0.3 is 14.7 Å². The van der Waals surface area contributed by atoms with Gasteiger partial charge in [0.25, 0.3) is 0 Å². The molecule has 0 aliphatic heterocycles. The van der Waals surface area contributed by atoms with Crippen LogP contribution in [0.1, 0.15) is 39.0 Å². The molecule has 0 heterocycles. The van der Waals surface area contributed by atoms with E-state index in [1.807, 2.05) is 4.90 Å². The Morgan fingerprint density at radius 2 is 1.90 bits per heavy atom. The van der Waals surface area contributed by atoms with Crippen LogP contribution in [-0.2, 0) is 14.3 Å². The van der Waals surface area contributed by atoms with Gasteiger partial charge in [-0.1, -0.05) is 6.42 Å². The first-order valence-corrected chi connectivity index (χ1v) is 7.58. The van der Waals surface area contributed by atoms with Crippen LogP contribution in [-0.4, -0.2) is 48.2 Å². The number of carboxylic acids is 1. The molecule has 5 heteroatoms. The number of nitrogens with zero attached hydrogens (tertiary/aromatic N) is 1. The highest BCUT2D eigenvalue weighted by Gasteiger charge is 2.42. The monoisotopic (exact) mass is 283 g/mol. The van der Waals surface area contributed by atoms with Crippen LogP contribution in [0, 0.1) is 17.8 Å². The molecule has 0 aromatic rings. The molecule has 0 saturated heterocycles. The smallest absolute Gasteiger partial charge is 0.307 e. The first-order chi connectivity index (χ1) is 9.56. The van der Waals surface area contributed by atoms with Crippen LogP contribution >= 0.6 is 0 Å². The summed E-state index contributed by atoms with van der Waals surface area (Å²) in [5.41, 5.74) is 0. The zero-order chi connectivity index (χ0) is 14.7. The lowest BCUT2D eigenvalue weighted by molar-refractivity contribution is -0.150. The fourth-order valence-electron chi connectivity index (χ4n) is 3.30. The number of carbonyl (C=O) groups is 2. The Labute approximate surface area is 120 Å². The number of hydrogen-bond donors (Lipinski definition) is 1. The molecule has 2 rings (SSSR count). The fourth-order valence-corrected chi connectivity index (χ4v) is 3.30. The number of amides is 1. The first kappa shape index (κ1) is 15.3. The van der Waals surface area contributed by atoms with Crippen LogP contribution in [0.5, 0.6) is 0 Å². The van der Waals surface area contributed by atoms with E-state index in [-0.39, 0.29) is 17.9 Å². The van der Waals surface area contributed by atoms with Crippen molar-refractivity contribution in [3.63, 3.8) is 0 Å². The number of rotatable bonds is 7. The predicted octanol–water partition coefficient (Wildman–Crippen LogP) is 1.76. The SMILES string of the molecule is COCCN(C(=O)C1CCCC1C(=O)O)C(C)C1CC1. The van der Waals surface area contributed by atoms with E-state index < -0.39 is 11.9 Å². The maximum Gasteiger partial charge on any atom is 0.307 e. The molecule has 114 valence electrons. The molecule has 3 atom stereocenters. The normalized spacial score (nSPS) is 27.3. The van der Waals surface area contributed by atoms with Gasteiger partial charge in [0.2, 0.25) is 5.91 Å². The standard InChI is InChI=1S/C15H25NO4/c1-10(11-6-7-11)16(8-9-20-2)14(17)12-4-3-5-13(12)15(18)19/h10-13H,3-9H2,1-2H3,(H,18,19). The molecule has 2 aliphatic rings. The minimum absolute atomic E-state index is 0.0198. The number of methoxy groups -OCH3 is 1. The molecule has 1 N–H and O–H groups in total. The number of aliphatic carboxylic acids is 1. The summed E-state index contributed by atoms with van der Waals surface area (Å²) in [6, 6.07) is 0.202. The maximum atomic E-state index is 12.7. The van der Waals surface area contributed by atoms with Gasteiger partial charge in [-0.3, -0.25) is 9.59 Å². The van der Waals surface area contributed by atoms with Crippen molar-refractivity contribution in [3.05, 3.63) is 0 Å². The maximum absolute atomic E-state index is 12.7. The molecular weight excluding hydrogens is 258 g/mol. The molecule has 2 aliphatic carbocycles. The average molecular weight is 283 g/mol. The van der Waals surface area contributed by atoms with Crippen LogP contribution < -0.4 is 0 Å². The molecule has 0 aromatic carbocycles. The molecule has 0 radical (unpaired) electrons. The number of carboxylic acid groups (broad SMARTS) is 1. The Morgan fingerprint density at radius 3 is 2.45 bits per heavy atom. The summed E-state index contributed by atoms with van der Waals surface area (Å²) in [5.74, 6) is -1.07. The Morgan fingerprint density at radius 1 is 1.25 bits per heavy atom. The molecule has 0 aromatic heterocycles. The lowest BCUT2D eigenvalue weighted by Crippen LogP contribution is -2.46. The van der Waals surface area contributed by atoms with Crippen molar-refractivity contribution < 1.29 is 19.4 Å². The third kappa shape index (κ3) is 3.32. The lowest BCUT2D eigenvalue weighted by Gasteiger charge is -2.32. The van der Waals surface area contributed by atoms with Crippen LogP contribution in [0.3, 0.4) is 0 Å². The minimum Gasteiger partial charge on any atom is -0.481 e. The van der Waals surface area contributed by atoms with Crippen molar-refractivity contribution in [2.24, 2.45) is 17.8 Å². The van der Waals surface area contributed by atoms with Gasteiger partial charge in [-0.15, -0.1) is 0 Å². The average Bonchev–Trinajstić information content (AvgIpc) is 3.15. The first-order valence-electron chi connectivity index (χ1n) is 7.58. The van der Waals surface area contributed by atoms with Gasteiger partial charge in [-0.25, -0.2) is 0 Å². The van der Waals surface area contributed by atoms with E-state index in [2.05, 4.69) is 6.92 Å². The molecule has 0 spiro atoms. The van der Waals surface area contributed by atoms with E-state index in [1.165, 1.54) is 12.8 Å². The predicted molar refractivity (Wildman–Crippen MR) is 74.2 cm³/mol. The molecule has 2 saturated carbocycles. The van der Waals surface area contributed by atoms with Crippen molar-refractivity contribution in [1.82, 2.24) is 4.90 Å². The second-order valence-electron chi connectivity index (χ2n) is 6.08. The Bertz CT molecular complexity index is 367. The van der Waals surface area contributed by atoms with Crippen LogP contribution in [0.25, 0.3) is 0 Å². The summed E-state index contributed by atoms with van der Waals surface area (Å²) < 4.78 is 5.10. The summed E-state index contributed by atoms with van der Waals surface area (Å²) in [7, 11) is 1.63. The van der Waals surface area contributed by atoms with Crippen molar-refractivity contribution in [2.45, 2.75) is 45.1 Å². The summed E-state index contributed by atoms with van der Waals surface area (Å²) >= 11 is 0. The van der Waals surface area contributed by atoms with Crippen molar-refractivity contribution in [1.29, 1.82) is 0 Å². The molecule has 5 nitrogen and oxygen atoms in total. The van der Waals surface area contributed by atoms with Gasteiger partial charge in [0.15, 0.2) is 0 Å². The Kier molecular flexibility index (Phi) is 5.02. The van der Waals surface area contributed by atoms with Crippen molar-refractivity contribution in [3.8, 4) is 0 Å². The van der Waals surface area contributed by atoms with E-state index in [1.54, 1.807) is 7.11 Å². The van der Waals surface area contributed by atoms with Crippen LogP contribution in [0.4, 0.5) is 0 Å².